The summed E-state index contributed by atoms with van der Waals surface area (Å²) in [5.74, 6) is -1.01. The Hall–Kier alpha value is -1.41. The van der Waals surface area contributed by atoms with Gasteiger partial charge in [0.15, 0.2) is 12.4 Å². The summed E-state index contributed by atoms with van der Waals surface area (Å²) in [5, 5.41) is 30.8. The Morgan fingerprint density at radius 2 is 1.60 bits per heavy atom. The van der Waals surface area contributed by atoms with Crippen LogP contribution in [0, 0.1) is 33.5 Å². The number of rotatable bonds is 6. The average Bonchev–Trinajstić information content (AvgIpc) is 3.15. The number of Topliss-reactive ketones (excluding diaryl/α,β-unsaturated/α-hetero) is 1. The minimum absolute atomic E-state index is 0.0167. The van der Waals surface area contributed by atoms with Crippen LogP contribution < -0.4 is 0 Å². The molecule has 5 rings (SSSR count). The second-order valence-corrected chi connectivity index (χ2v) is 15.7. The first-order valence-corrected chi connectivity index (χ1v) is 16.4. The first-order valence-electron chi connectivity index (χ1n) is 15.1. The number of allylic oxidation sites excluding steroid dienone is 2. The van der Waals surface area contributed by atoms with Crippen molar-refractivity contribution >= 4 is 22.2 Å². The lowest BCUT2D eigenvalue weighted by Gasteiger charge is -2.62. The molecule has 5 aliphatic rings. The molecule has 42 heavy (non-hydrogen) atoms. The van der Waals surface area contributed by atoms with Crippen molar-refractivity contribution in [1.29, 1.82) is 0 Å². The lowest BCUT2D eigenvalue weighted by Crippen LogP contribution is -2.63. The fourth-order valence-electron chi connectivity index (χ4n) is 10.1. The molecule has 1 heterocycles. The van der Waals surface area contributed by atoms with Crippen LogP contribution in [-0.4, -0.2) is 76.9 Å². The van der Waals surface area contributed by atoms with Gasteiger partial charge in [0, 0.05) is 5.92 Å². The summed E-state index contributed by atoms with van der Waals surface area (Å²) in [5.41, 5.74) is 2.44. The van der Waals surface area contributed by atoms with E-state index in [1.807, 2.05) is 0 Å². The number of carboxylic acids is 1. The van der Waals surface area contributed by atoms with Gasteiger partial charge in [-0.2, -0.15) is 8.42 Å². The van der Waals surface area contributed by atoms with Gasteiger partial charge in [-0.25, -0.2) is 8.98 Å². The normalized spacial score (nSPS) is 46.9. The number of carboxylic acid groups (broad SMARTS) is 1. The third-order valence-electron chi connectivity index (χ3n) is 12.5. The molecule has 0 amide bonds. The lowest BCUT2D eigenvalue weighted by molar-refractivity contribution is -0.316. The van der Waals surface area contributed by atoms with Crippen molar-refractivity contribution in [3.05, 3.63) is 11.1 Å². The number of aliphatic hydroxyl groups excluding tert-OH is 2. The van der Waals surface area contributed by atoms with Crippen LogP contribution in [0.5, 0.6) is 0 Å². The SMILES string of the molecule is CC(=O)[C@H]1CC[C@@]2(C)C3=C(CC[C@]12C)[C@@]1(C)CC[C@H](O[C@@H]2O[C@H](C(=O)O)[C@@H](O)[C@H](OS(=O)(=O)O)[C@H]2O)C(C)(C)C1CC3. The Morgan fingerprint density at radius 3 is 2.19 bits per heavy atom. The molecule has 12 heteroatoms. The average molecular weight is 615 g/mol. The zero-order valence-corrected chi connectivity index (χ0v) is 26.1. The molecule has 1 saturated heterocycles. The quantitative estimate of drug-likeness (QED) is 0.255. The molecule has 2 saturated carbocycles. The van der Waals surface area contributed by atoms with Crippen molar-refractivity contribution in [2.24, 2.45) is 33.5 Å². The smallest absolute Gasteiger partial charge is 0.397 e. The minimum atomic E-state index is -5.13. The van der Waals surface area contributed by atoms with Crippen LogP contribution in [0.1, 0.15) is 92.9 Å². The summed E-state index contributed by atoms with van der Waals surface area (Å²) < 4.78 is 48.1. The summed E-state index contributed by atoms with van der Waals surface area (Å²) in [7, 11) is -5.13. The van der Waals surface area contributed by atoms with E-state index < -0.39 is 58.6 Å². The van der Waals surface area contributed by atoms with E-state index in [-0.39, 0.29) is 33.9 Å². The number of aliphatic hydroxyl groups is 2. The summed E-state index contributed by atoms with van der Waals surface area (Å²) >= 11 is 0. The molecule has 11 atom stereocenters. The number of ketones is 1. The Kier molecular flexibility index (Phi) is 7.86. The topological polar surface area (TPSA) is 177 Å². The lowest BCUT2D eigenvalue weighted by atomic mass is 9.43. The van der Waals surface area contributed by atoms with Gasteiger partial charge in [-0.1, -0.05) is 45.8 Å². The van der Waals surface area contributed by atoms with Crippen molar-refractivity contribution in [1.82, 2.24) is 0 Å². The molecule has 1 aliphatic heterocycles. The number of hydrogen-bond acceptors (Lipinski definition) is 9. The van der Waals surface area contributed by atoms with Crippen LogP contribution in [-0.2, 0) is 33.6 Å². The highest BCUT2D eigenvalue weighted by atomic mass is 32.3. The van der Waals surface area contributed by atoms with Gasteiger partial charge in [0.25, 0.3) is 0 Å². The van der Waals surface area contributed by atoms with Crippen LogP contribution in [0.4, 0.5) is 0 Å². The third kappa shape index (κ3) is 4.71. The van der Waals surface area contributed by atoms with Crippen molar-refractivity contribution in [3.63, 3.8) is 0 Å². The Balaban J connectivity index is 1.41. The fourth-order valence-corrected chi connectivity index (χ4v) is 10.6. The van der Waals surface area contributed by atoms with Crippen molar-refractivity contribution in [2.45, 2.75) is 130 Å². The molecule has 1 unspecified atom stereocenters. The molecular weight excluding hydrogens is 568 g/mol. The highest BCUT2D eigenvalue weighted by Crippen LogP contribution is 2.71. The van der Waals surface area contributed by atoms with Gasteiger partial charge in [0.05, 0.1) is 6.10 Å². The Bertz CT molecular complexity index is 1280. The first kappa shape index (κ1) is 32.0. The highest BCUT2D eigenvalue weighted by Gasteiger charge is 2.64. The summed E-state index contributed by atoms with van der Waals surface area (Å²) in [6, 6.07) is 0. The molecule has 0 aromatic rings. The maximum Gasteiger partial charge on any atom is 0.397 e. The minimum Gasteiger partial charge on any atom is -0.479 e. The van der Waals surface area contributed by atoms with Crippen LogP contribution in [0.3, 0.4) is 0 Å². The van der Waals surface area contributed by atoms with Crippen molar-refractivity contribution in [3.8, 4) is 0 Å². The molecule has 0 bridgehead atoms. The molecular formula is C30H46O11S. The van der Waals surface area contributed by atoms with Crippen molar-refractivity contribution in [2.75, 3.05) is 0 Å². The zero-order chi connectivity index (χ0) is 31.2. The van der Waals surface area contributed by atoms with E-state index >= 15 is 0 Å². The largest absolute Gasteiger partial charge is 0.479 e. The number of fused-ring (bicyclic) bond motifs is 4. The van der Waals surface area contributed by atoms with Crippen LogP contribution >= 0.6 is 0 Å². The first-order chi connectivity index (χ1) is 19.3. The van der Waals surface area contributed by atoms with E-state index in [2.05, 4.69) is 38.8 Å². The molecule has 3 fully saturated rings. The monoisotopic (exact) mass is 614 g/mol. The van der Waals surface area contributed by atoms with Crippen LogP contribution in [0.2, 0.25) is 0 Å². The van der Waals surface area contributed by atoms with Gasteiger partial charge in [0.2, 0.25) is 0 Å². The zero-order valence-electron chi connectivity index (χ0n) is 25.3. The summed E-state index contributed by atoms with van der Waals surface area (Å²) in [4.78, 5) is 24.4. The number of carbonyl (C=O) groups is 2. The predicted molar refractivity (Wildman–Crippen MR) is 149 cm³/mol. The van der Waals surface area contributed by atoms with Crippen LogP contribution in [0.15, 0.2) is 11.1 Å². The van der Waals surface area contributed by atoms with Gasteiger partial charge in [-0.15, -0.1) is 0 Å². The van der Waals surface area contributed by atoms with Gasteiger partial charge >= 0.3 is 16.4 Å². The fraction of sp³-hybridized carbons (Fsp3) is 0.867. The van der Waals surface area contributed by atoms with E-state index in [0.717, 1.165) is 44.9 Å². The third-order valence-corrected chi connectivity index (χ3v) is 13.0. The molecule has 4 N–H and O–H groups in total. The molecule has 0 radical (unpaired) electrons. The van der Waals surface area contributed by atoms with E-state index in [1.165, 1.54) is 11.1 Å². The summed E-state index contributed by atoms with van der Waals surface area (Å²) in [6.45, 7) is 13.0. The van der Waals surface area contributed by atoms with Crippen molar-refractivity contribution < 1.29 is 51.5 Å². The molecule has 238 valence electrons. The van der Waals surface area contributed by atoms with Gasteiger partial charge in [0.1, 0.15) is 24.1 Å². The number of aliphatic carboxylic acids is 1. The maximum atomic E-state index is 12.6. The standard InChI is InChI=1S/C30H46O11S/c1-15(31)16-9-13-30(6)18-7-8-19-27(2,3)20(11-12-28(19,4)17(18)10-14-29(16,30)5)39-26-22(33)23(41-42(36,37)38)21(32)24(40-26)25(34)35/h16,19-24,26,32-33H,7-14H2,1-6H3,(H,34,35)(H,36,37,38)/t16-,19?,20+,21+,22-,23+,24+,26-,28-,29-,30+/m1/s1. The van der Waals surface area contributed by atoms with Gasteiger partial charge < -0.3 is 24.8 Å². The molecule has 11 nitrogen and oxygen atoms in total. The van der Waals surface area contributed by atoms with Crippen LogP contribution in [0.25, 0.3) is 0 Å². The molecule has 4 aliphatic carbocycles. The molecule has 0 aromatic heterocycles. The number of hydrogen-bond donors (Lipinski definition) is 4. The Morgan fingerprint density at radius 1 is 0.929 bits per heavy atom. The predicted octanol–water partition coefficient (Wildman–Crippen LogP) is 3.43. The van der Waals surface area contributed by atoms with E-state index in [0.29, 0.717) is 6.42 Å². The second-order valence-electron chi connectivity index (χ2n) is 14.6. The van der Waals surface area contributed by atoms with E-state index in [4.69, 9.17) is 9.47 Å². The van der Waals surface area contributed by atoms with Gasteiger partial charge in [-0.05, 0) is 85.9 Å². The highest BCUT2D eigenvalue weighted by molar-refractivity contribution is 7.80. The van der Waals surface area contributed by atoms with Gasteiger partial charge in [-0.3, -0.25) is 9.35 Å². The van der Waals surface area contributed by atoms with E-state index in [9.17, 15) is 37.9 Å². The Labute approximate surface area is 247 Å². The summed E-state index contributed by atoms with van der Waals surface area (Å²) in [6.07, 6.45) is -2.87. The molecule has 0 spiro atoms. The second kappa shape index (κ2) is 10.3. The number of ether oxygens (including phenoxy) is 2. The van der Waals surface area contributed by atoms with E-state index in [1.54, 1.807) is 6.92 Å². The maximum absolute atomic E-state index is 12.6. The molecule has 0 aromatic carbocycles. The number of carbonyl (C=O) groups excluding carboxylic acids is 1.